The van der Waals surface area contributed by atoms with E-state index in [-0.39, 0.29) is 12.0 Å². The maximum absolute atomic E-state index is 13.3. The third-order valence-corrected chi connectivity index (χ3v) is 10.4. The van der Waals surface area contributed by atoms with Crippen LogP contribution in [0.15, 0.2) is 48.5 Å². The van der Waals surface area contributed by atoms with E-state index in [1.165, 1.54) is 17.7 Å². The van der Waals surface area contributed by atoms with Crippen LogP contribution in [0.25, 0.3) is 10.9 Å². The van der Waals surface area contributed by atoms with Crippen molar-refractivity contribution < 1.29 is 49.0 Å². The molecule has 0 bridgehead atoms. The molecule has 2 aromatic carbocycles. The Hall–Kier alpha value is -2.80. The number of aromatic amines is 1. The first-order valence-electron chi connectivity index (χ1n) is 13.8. The second-order valence-electron chi connectivity index (χ2n) is 11.6. The SMILES string of the molecule is CC(C)(C)OC(=O)N1CCC(c2ccc3[nH]c(C(=O)N4CCN(Cc5ccc(C(F)(F)F)cc5)C[I-]4)cc3c2)CC1. The quantitative estimate of drug-likeness (QED) is 0.199. The fourth-order valence-corrected chi connectivity index (χ4v) is 7.70. The van der Waals surface area contributed by atoms with E-state index in [0.717, 1.165) is 46.0 Å². The van der Waals surface area contributed by atoms with E-state index in [2.05, 4.69) is 22.0 Å². The van der Waals surface area contributed by atoms with Gasteiger partial charge in [0.05, 0.1) is 0 Å². The second kappa shape index (κ2) is 11.8. The van der Waals surface area contributed by atoms with Crippen LogP contribution in [0.5, 0.6) is 0 Å². The van der Waals surface area contributed by atoms with Crippen LogP contribution in [0.1, 0.15) is 66.7 Å². The average Bonchev–Trinajstić information content (AvgIpc) is 3.36. The number of hydrogen-bond donors (Lipinski definition) is 1. The van der Waals surface area contributed by atoms with Crippen LogP contribution in [0, 0.1) is 0 Å². The molecular weight excluding hydrogens is 648 g/mol. The monoisotopic (exact) mass is 683 g/mol. The summed E-state index contributed by atoms with van der Waals surface area (Å²) in [6.45, 7) is 8.78. The van der Waals surface area contributed by atoms with Crippen molar-refractivity contribution >= 4 is 22.9 Å². The zero-order valence-corrected chi connectivity index (χ0v) is 25.6. The number of rotatable bonds is 4. The van der Waals surface area contributed by atoms with Crippen molar-refractivity contribution in [3.63, 3.8) is 0 Å². The van der Waals surface area contributed by atoms with Crippen LogP contribution >= 0.6 is 0 Å². The van der Waals surface area contributed by atoms with Gasteiger partial charge >= 0.3 is 213 Å². The topological polar surface area (TPSA) is 68.9 Å². The Labute approximate surface area is 248 Å². The molecule has 7 nitrogen and oxygen atoms in total. The fraction of sp³-hybridized carbons (Fsp3) is 0.467. The first kappa shape index (κ1) is 29.7. The number of amides is 2. The number of H-pyrrole nitrogens is 1. The molecule has 0 unspecified atom stereocenters. The number of hydrogen-bond acceptors (Lipinski definition) is 4. The summed E-state index contributed by atoms with van der Waals surface area (Å²) < 4.78 is 46.7. The van der Waals surface area contributed by atoms with Crippen LogP contribution in [0.3, 0.4) is 0 Å². The minimum atomic E-state index is -4.33. The van der Waals surface area contributed by atoms with Crippen molar-refractivity contribution in [3.05, 3.63) is 70.9 Å². The van der Waals surface area contributed by atoms with E-state index < -0.39 is 38.8 Å². The van der Waals surface area contributed by atoms with Crippen molar-refractivity contribution in [1.29, 1.82) is 0 Å². The number of nitrogens with zero attached hydrogens (tertiary/aromatic N) is 3. The Morgan fingerprint density at radius 1 is 0.976 bits per heavy atom. The van der Waals surface area contributed by atoms with Gasteiger partial charge in [0.1, 0.15) is 5.60 Å². The van der Waals surface area contributed by atoms with E-state index in [9.17, 15) is 22.8 Å². The molecule has 0 atom stereocenters. The van der Waals surface area contributed by atoms with Gasteiger partial charge in [0.2, 0.25) is 0 Å². The Bertz CT molecular complexity index is 1380. The number of ether oxygens (including phenoxy) is 1. The number of piperidine rings is 1. The number of halogens is 4. The molecule has 3 aromatic rings. The van der Waals surface area contributed by atoms with Crippen molar-refractivity contribution in [2.45, 2.75) is 57.9 Å². The van der Waals surface area contributed by atoms with Crippen LogP contribution in [-0.2, 0) is 17.5 Å². The molecule has 2 aliphatic heterocycles. The first-order chi connectivity index (χ1) is 19.4. The predicted molar refractivity (Wildman–Crippen MR) is 146 cm³/mol. The van der Waals surface area contributed by atoms with Crippen LogP contribution < -0.4 is 21.5 Å². The van der Waals surface area contributed by atoms with Crippen LogP contribution in [0.4, 0.5) is 18.0 Å². The van der Waals surface area contributed by atoms with Gasteiger partial charge in [0, 0.05) is 0 Å². The molecule has 2 fully saturated rings. The number of benzene rings is 2. The number of alkyl halides is 4. The number of likely N-dealkylation sites (tertiary alicyclic amines) is 1. The summed E-state index contributed by atoms with van der Waals surface area (Å²) >= 11 is -0.580. The molecule has 0 spiro atoms. The third kappa shape index (κ3) is 7.35. The van der Waals surface area contributed by atoms with Crippen molar-refractivity contribution in [3.8, 4) is 0 Å². The van der Waals surface area contributed by atoms with E-state index >= 15 is 0 Å². The molecule has 2 aliphatic rings. The van der Waals surface area contributed by atoms with Gasteiger partial charge in [0.15, 0.2) is 0 Å². The molecule has 0 aliphatic carbocycles. The minimum absolute atomic E-state index is 0.00426. The van der Waals surface area contributed by atoms with Gasteiger partial charge in [-0.1, -0.05) is 0 Å². The van der Waals surface area contributed by atoms with Gasteiger partial charge in [-0.05, 0) is 20.8 Å². The van der Waals surface area contributed by atoms with Crippen molar-refractivity contribution in [2.75, 3.05) is 30.7 Å². The number of nitrogens with one attached hydrogen (secondary N) is 1. The molecule has 0 saturated carbocycles. The molecule has 41 heavy (non-hydrogen) atoms. The Morgan fingerprint density at radius 3 is 2.29 bits per heavy atom. The van der Waals surface area contributed by atoms with Crippen LogP contribution in [-0.4, -0.2) is 66.2 Å². The number of carbonyl (C=O) groups is 2. The van der Waals surface area contributed by atoms with E-state index in [1.807, 2.05) is 36.0 Å². The van der Waals surface area contributed by atoms with Crippen LogP contribution in [0.2, 0.25) is 0 Å². The van der Waals surface area contributed by atoms with Crippen molar-refractivity contribution in [1.82, 2.24) is 17.9 Å². The summed E-state index contributed by atoms with van der Waals surface area (Å²) in [5, 5.41) is 1.000. The maximum atomic E-state index is 13.3. The third-order valence-electron chi connectivity index (χ3n) is 7.38. The zero-order chi connectivity index (χ0) is 29.4. The van der Waals surface area contributed by atoms with E-state index in [4.69, 9.17) is 4.74 Å². The molecular formula is C30H35F3IN4O3-. The van der Waals surface area contributed by atoms with Gasteiger partial charge in [-0.25, -0.2) is 4.79 Å². The summed E-state index contributed by atoms with van der Waals surface area (Å²) in [6, 6.07) is 13.5. The molecule has 0 radical (unpaired) electrons. The summed E-state index contributed by atoms with van der Waals surface area (Å²) in [6.07, 6.45) is -2.87. The van der Waals surface area contributed by atoms with Gasteiger partial charge in [-0.15, -0.1) is 0 Å². The molecule has 11 heteroatoms. The number of aromatic nitrogens is 1. The zero-order valence-electron chi connectivity index (χ0n) is 23.4. The molecule has 3 heterocycles. The fourth-order valence-electron chi connectivity index (χ4n) is 5.20. The van der Waals surface area contributed by atoms with Gasteiger partial charge in [0.25, 0.3) is 0 Å². The number of carbonyl (C=O) groups excluding carboxylic acids is 2. The molecule has 5 rings (SSSR count). The summed E-state index contributed by atoms with van der Waals surface area (Å²) in [4.78, 5) is 33.0. The first-order valence-corrected chi connectivity index (χ1v) is 16.3. The van der Waals surface area contributed by atoms with Gasteiger partial charge < -0.3 is 4.74 Å². The molecule has 2 amide bonds. The molecule has 1 aromatic heterocycles. The summed E-state index contributed by atoms with van der Waals surface area (Å²) in [7, 11) is 0. The second-order valence-corrected chi connectivity index (χ2v) is 14.2. The molecule has 222 valence electrons. The van der Waals surface area contributed by atoms with E-state index in [0.29, 0.717) is 44.3 Å². The summed E-state index contributed by atoms with van der Waals surface area (Å²) in [5.74, 6) is 0.339. The van der Waals surface area contributed by atoms with E-state index in [1.54, 1.807) is 4.90 Å². The Kier molecular flexibility index (Phi) is 8.56. The number of fused-ring (bicyclic) bond motifs is 1. The average molecular weight is 684 g/mol. The van der Waals surface area contributed by atoms with Gasteiger partial charge in [-0.3, -0.25) is 0 Å². The molecule has 2 saturated heterocycles. The standard InChI is InChI=1S/C30H35F3IN4O3/c1-29(2,3)41-28(40)37-12-10-21(11-13-37)22-6-9-25-23(16-22)17-26(35-25)27(39)38-15-14-36(19-34-38)18-20-4-7-24(8-5-20)30(31,32)33/h4-9,16-17,21,35H,10-15,18-19H2,1-3H3/q-1. The Balaban J connectivity index is 1.15. The van der Waals surface area contributed by atoms with Gasteiger partial charge in [-0.2, -0.15) is 0 Å². The molecule has 1 N–H and O–H groups in total. The Morgan fingerprint density at radius 2 is 1.68 bits per heavy atom. The predicted octanol–water partition coefficient (Wildman–Crippen LogP) is 3.22. The summed E-state index contributed by atoms with van der Waals surface area (Å²) in [5.41, 5.74) is 2.40. The normalized spacial score (nSPS) is 17.9. The van der Waals surface area contributed by atoms with Crippen molar-refractivity contribution in [2.24, 2.45) is 0 Å².